The molecule has 0 radical (unpaired) electrons. The summed E-state index contributed by atoms with van der Waals surface area (Å²) < 4.78 is 41.5. The molecular weight excluding hydrogens is 393 g/mol. The van der Waals surface area contributed by atoms with Crippen LogP contribution >= 0.6 is 0 Å². The lowest BCUT2D eigenvalue weighted by atomic mass is 10.0. The second-order valence-corrected chi connectivity index (χ2v) is 7.71. The van der Waals surface area contributed by atoms with Gasteiger partial charge in [-0.3, -0.25) is 0 Å². The highest BCUT2D eigenvalue weighted by Crippen LogP contribution is 2.35. The summed E-state index contributed by atoms with van der Waals surface area (Å²) in [6.45, 7) is 0.922. The minimum atomic E-state index is -4.35. The zero-order chi connectivity index (χ0) is 21.3. The number of rotatable bonds is 5. The van der Waals surface area contributed by atoms with Gasteiger partial charge in [0.2, 0.25) is 5.95 Å². The molecule has 0 spiro atoms. The second kappa shape index (κ2) is 8.14. The number of likely N-dealkylation sites (tertiary alicyclic amines) is 1. The molecule has 3 aromatic rings. The molecular formula is C21H25F3N6. The van der Waals surface area contributed by atoms with Gasteiger partial charge in [0, 0.05) is 30.4 Å². The first kappa shape index (κ1) is 20.5. The fourth-order valence-electron chi connectivity index (χ4n) is 3.97. The lowest BCUT2D eigenvalue weighted by molar-refractivity contribution is -0.139. The first-order chi connectivity index (χ1) is 14.3. The van der Waals surface area contributed by atoms with E-state index in [-0.39, 0.29) is 0 Å². The summed E-state index contributed by atoms with van der Waals surface area (Å²) in [7, 11) is 3.77. The Balaban J connectivity index is 1.79. The normalized spacial score (nSPS) is 16.2. The number of hydrogen-bond acceptors (Lipinski definition) is 5. The fraction of sp³-hybridized carbons (Fsp3) is 0.429. The lowest BCUT2D eigenvalue weighted by Crippen LogP contribution is -2.36. The van der Waals surface area contributed by atoms with Gasteiger partial charge in [0.05, 0.1) is 16.9 Å². The molecule has 9 heteroatoms. The maximum absolute atomic E-state index is 13.4. The molecule has 4 rings (SSSR count). The summed E-state index contributed by atoms with van der Waals surface area (Å²) in [6, 6.07) is 9.18. The number of anilines is 2. The zero-order valence-electron chi connectivity index (χ0n) is 17.0. The van der Waals surface area contributed by atoms with E-state index in [2.05, 4.69) is 32.5 Å². The Labute approximate surface area is 173 Å². The fourth-order valence-corrected chi connectivity index (χ4v) is 3.97. The van der Waals surface area contributed by atoms with Crippen LogP contribution in [0.2, 0.25) is 0 Å². The highest BCUT2D eigenvalue weighted by Gasteiger charge is 2.31. The molecule has 0 unspecified atom stereocenters. The summed E-state index contributed by atoms with van der Waals surface area (Å²) in [5, 5.41) is 7.16. The van der Waals surface area contributed by atoms with Crippen molar-refractivity contribution < 1.29 is 13.2 Å². The highest BCUT2D eigenvalue weighted by molar-refractivity contribution is 5.96. The Hall–Kier alpha value is -2.81. The van der Waals surface area contributed by atoms with E-state index in [1.807, 2.05) is 6.07 Å². The maximum Gasteiger partial charge on any atom is 0.406 e. The molecule has 2 aromatic heterocycles. The van der Waals surface area contributed by atoms with Crippen molar-refractivity contribution in [3.05, 3.63) is 36.5 Å². The van der Waals surface area contributed by atoms with Gasteiger partial charge in [0.15, 0.2) is 0 Å². The van der Waals surface area contributed by atoms with Crippen LogP contribution in [0.3, 0.4) is 0 Å². The largest absolute Gasteiger partial charge is 0.406 e. The Morgan fingerprint density at radius 2 is 1.93 bits per heavy atom. The zero-order valence-corrected chi connectivity index (χ0v) is 17.0. The van der Waals surface area contributed by atoms with Crippen LogP contribution in [0.4, 0.5) is 24.8 Å². The molecule has 2 N–H and O–H groups in total. The molecule has 0 atom stereocenters. The van der Waals surface area contributed by atoms with Crippen molar-refractivity contribution >= 4 is 22.5 Å². The summed E-state index contributed by atoms with van der Waals surface area (Å²) in [6.07, 6.45) is -0.806. The summed E-state index contributed by atoms with van der Waals surface area (Å²) in [5.41, 5.74) is 2.25. The molecule has 0 amide bonds. The van der Waals surface area contributed by atoms with Crippen LogP contribution in [0, 0.1) is 0 Å². The molecule has 1 aliphatic heterocycles. The third-order valence-electron chi connectivity index (χ3n) is 5.50. The van der Waals surface area contributed by atoms with Crippen molar-refractivity contribution in [3.8, 4) is 11.4 Å². The van der Waals surface area contributed by atoms with Crippen LogP contribution in [0.5, 0.6) is 0 Å². The SMILES string of the molecule is CNc1nccc(-c2cc3c(NC4CCN(C)CC4)cccc3n2CC(F)(F)F)n1. The lowest BCUT2D eigenvalue weighted by Gasteiger charge is -2.30. The molecule has 0 saturated carbocycles. The van der Waals surface area contributed by atoms with E-state index in [9.17, 15) is 13.2 Å². The Morgan fingerprint density at radius 3 is 2.63 bits per heavy atom. The van der Waals surface area contributed by atoms with Crippen molar-refractivity contribution in [1.82, 2.24) is 19.4 Å². The third kappa shape index (κ3) is 4.35. The van der Waals surface area contributed by atoms with Gasteiger partial charge >= 0.3 is 6.18 Å². The van der Waals surface area contributed by atoms with Crippen molar-refractivity contribution in [3.63, 3.8) is 0 Å². The smallest absolute Gasteiger partial charge is 0.382 e. The molecule has 6 nitrogen and oxygen atoms in total. The van der Waals surface area contributed by atoms with E-state index in [4.69, 9.17) is 0 Å². The Kier molecular flexibility index (Phi) is 5.55. The predicted octanol–water partition coefficient (Wildman–Crippen LogP) is 4.21. The first-order valence-electron chi connectivity index (χ1n) is 9.99. The number of alkyl halides is 3. The third-order valence-corrected chi connectivity index (χ3v) is 5.50. The average Bonchev–Trinajstić information content (AvgIpc) is 3.08. The van der Waals surface area contributed by atoms with Gasteiger partial charge in [-0.05, 0) is 57.2 Å². The van der Waals surface area contributed by atoms with Crippen LogP contribution in [0.15, 0.2) is 36.5 Å². The van der Waals surface area contributed by atoms with E-state index in [1.54, 1.807) is 37.5 Å². The van der Waals surface area contributed by atoms with E-state index in [1.165, 1.54) is 4.57 Å². The van der Waals surface area contributed by atoms with Crippen molar-refractivity contribution in [2.75, 3.05) is 37.8 Å². The molecule has 3 heterocycles. The number of hydrogen-bond donors (Lipinski definition) is 2. The van der Waals surface area contributed by atoms with Crippen LogP contribution in [0.1, 0.15) is 12.8 Å². The van der Waals surface area contributed by atoms with Gasteiger partial charge in [-0.1, -0.05) is 6.07 Å². The first-order valence-corrected chi connectivity index (χ1v) is 9.99. The molecule has 1 aliphatic rings. The number of piperidine rings is 1. The summed E-state index contributed by atoms with van der Waals surface area (Å²) >= 11 is 0. The Bertz CT molecular complexity index is 1020. The number of aromatic nitrogens is 3. The molecule has 30 heavy (non-hydrogen) atoms. The van der Waals surface area contributed by atoms with Gasteiger partial charge in [-0.15, -0.1) is 0 Å². The second-order valence-electron chi connectivity index (χ2n) is 7.71. The van der Waals surface area contributed by atoms with E-state index < -0.39 is 12.7 Å². The van der Waals surface area contributed by atoms with Crippen LogP contribution in [-0.4, -0.2) is 58.8 Å². The van der Waals surface area contributed by atoms with E-state index >= 15 is 0 Å². The summed E-state index contributed by atoms with van der Waals surface area (Å²) in [5.74, 6) is 0.362. The van der Waals surface area contributed by atoms with Gasteiger partial charge in [0.25, 0.3) is 0 Å². The van der Waals surface area contributed by atoms with Gasteiger partial charge in [-0.2, -0.15) is 13.2 Å². The molecule has 0 aliphatic carbocycles. The molecule has 1 saturated heterocycles. The van der Waals surface area contributed by atoms with Crippen LogP contribution in [-0.2, 0) is 6.54 Å². The minimum Gasteiger partial charge on any atom is -0.382 e. The molecule has 0 bridgehead atoms. The Morgan fingerprint density at radius 1 is 1.17 bits per heavy atom. The van der Waals surface area contributed by atoms with Crippen LogP contribution < -0.4 is 10.6 Å². The van der Waals surface area contributed by atoms with Gasteiger partial charge in [-0.25, -0.2) is 9.97 Å². The minimum absolute atomic E-state index is 0.302. The molecule has 160 valence electrons. The highest BCUT2D eigenvalue weighted by atomic mass is 19.4. The summed E-state index contributed by atoms with van der Waals surface area (Å²) in [4.78, 5) is 10.7. The maximum atomic E-state index is 13.4. The topological polar surface area (TPSA) is 58.0 Å². The average molecular weight is 418 g/mol. The van der Waals surface area contributed by atoms with E-state index in [0.29, 0.717) is 28.9 Å². The van der Waals surface area contributed by atoms with Crippen molar-refractivity contribution in [2.45, 2.75) is 31.6 Å². The number of benzene rings is 1. The standard InChI is InChI=1S/C21H25F3N6/c1-25-20-26-9-6-17(28-20)19-12-15-16(27-14-7-10-29(2)11-8-14)4-3-5-18(15)30(19)13-21(22,23)24/h3-6,9,12,14,27H,7-8,10-11,13H2,1-2H3,(H,25,26,28). The van der Waals surface area contributed by atoms with E-state index in [0.717, 1.165) is 37.0 Å². The van der Waals surface area contributed by atoms with Crippen molar-refractivity contribution in [2.24, 2.45) is 0 Å². The number of nitrogens with one attached hydrogen (secondary N) is 2. The van der Waals surface area contributed by atoms with Crippen LogP contribution in [0.25, 0.3) is 22.3 Å². The van der Waals surface area contributed by atoms with Gasteiger partial charge < -0.3 is 20.1 Å². The van der Waals surface area contributed by atoms with Crippen molar-refractivity contribution in [1.29, 1.82) is 0 Å². The number of fused-ring (bicyclic) bond motifs is 1. The number of halogens is 3. The quantitative estimate of drug-likeness (QED) is 0.650. The monoisotopic (exact) mass is 418 g/mol. The molecule has 1 fully saturated rings. The molecule has 1 aromatic carbocycles. The van der Waals surface area contributed by atoms with Gasteiger partial charge in [0.1, 0.15) is 6.54 Å². The predicted molar refractivity (Wildman–Crippen MR) is 113 cm³/mol. The number of nitrogens with zero attached hydrogens (tertiary/aromatic N) is 4.